The van der Waals surface area contributed by atoms with E-state index in [-0.39, 0.29) is 5.91 Å². The Balaban J connectivity index is 1.85. The van der Waals surface area contributed by atoms with Gasteiger partial charge in [-0.25, -0.2) is 4.79 Å². The van der Waals surface area contributed by atoms with E-state index in [0.29, 0.717) is 17.1 Å². The molecule has 2 amide bonds. The molecule has 2 aromatic carbocycles. The highest BCUT2D eigenvalue weighted by molar-refractivity contribution is 5.95. The van der Waals surface area contributed by atoms with Crippen molar-refractivity contribution in [2.45, 2.75) is 33.0 Å². The van der Waals surface area contributed by atoms with Crippen molar-refractivity contribution in [3.63, 3.8) is 0 Å². The number of carbonyl (C=O) groups is 3. The lowest BCUT2D eigenvalue weighted by Gasteiger charge is -2.18. The minimum Gasteiger partial charge on any atom is -0.479 e. The van der Waals surface area contributed by atoms with Gasteiger partial charge in [0.05, 0.1) is 0 Å². The maximum atomic E-state index is 12.2. The zero-order valence-corrected chi connectivity index (χ0v) is 15.4. The normalized spacial score (nSPS) is 12.4. The van der Waals surface area contributed by atoms with Crippen molar-refractivity contribution >= 4 is 29.2 Å². The quantitative estimate of drug-likeness (QED) is 0.731. The maximum Gasteiger partial charge on any atom is 0.347 e. The van der Waals surface area contributed by atoms with Gasteiger partial charge >= 0.3 is 5.97 Å². The SMILES string of the molecule is CC(=O)Nc1ccc(NC(=O)[C@@H](C)OC(=O)[C@@H](C)Oc2ccccc2)cc1. The summed E-state index contributed by atoms with van der Waals surface area (Å²) in [5, 5.41) is 5.28. The molecule has 0 aliphatic heterocycles. The fourth-order valence-corrected chi connectivity index (χ4v) is 2.16. The van der Waals surface area contributed by atoms with E-state index in [0.717, 1.165) is 0 Å². The van der Waals surface area contributed by atoms with Gasteiger partial charge < -0.3 is 20.1 Å². The highest BCUT2D eigenvalue weighted by Gasteiger charge is 2.23. The molecule has 0 radical (unpaired) electrons. The largest absolute Gasteiger partial charge is 0.479 e. The lowest BCUT2D eigenvalue weighted by molar-refractivity contribution is -0.159. The first-order chi connectivity index (χ1) is 12.8. The highest BCUT2D eigenvalue weighted by atomic mass is 16.6. The number of benzene rings is 2. The van der Waals surface area contributed by atoms with Gasteiger partial charge in [0.1, 0.15) is 5.75 Å². The van der Waals surface area contributed by atoms with Crippen LogP contribution in [0, 0.1) is 0 Å². The molecular formula is C20H22N2O5. The smallest absolute Gasteiger partial charge is 0.347 e. The van der Waals surface area contributed by atoms with Crippen LogP contribution in [0.1, 0.15) is 20.8 Å². The van der Waals surface area contributed by atoms with Crippen LogP contribution in [0.15, 0.2) is 54.6 Å². The Morgan fingerprint density at radius 2 is 1.37 bits per heavy atom. The second kappa shape index (κ2) is 9.38. The number of esters is 1. The third kappa shape index (κ3) is 6.47. The molecule has 0 heterocycles. The molecule has 2 N–H and O–H groups in total. The van der Waals surface area contributed by atoms with E-state index in [1.165, 1.54) is 13.8 Å². The van der Waals surface area contributed by atoms with Gasteiger partial charge in [-0.05, 0) is 50.2 Å². The lowest BCUT2D eigenvalue weighted by Crippen LogP contribution is -2.35. The molecule has 142 valence electrons. The van der Waals surface area contributed by atoms with Crippen molar-refractivity contribution in [3.8, 4) is 5.75 Å². The van der Waals surface area contributed by atoms with Gasteiger partial charge in [0.2, 0.25) is 5.91 Å². The molecule has 2 aromatic rings. The molecule has 0 fully saturated rings. The first-order valence-electron chi connectivity index (χ1n) is 8.46. The third-order valence-electron chi connectivity index (χ3n) is 3.52. The van der Waals surface area contributed by atoms with Gasteiger partial charge in [-0.1, -0.05) is 18.2 Å². The van der Waals surface area contributed by atoms with E-state index >= 15 is 0 Å². The van der Waals surface area contributed by atoms with Crippen LogP contribution < -0.4 is 15.4 Å². The molecule has 2 rings (SSSR count). The van der Waals surface area contributed by atoms with Crippen LogP contribution >= 0.6 is 0 Å². The summed E-state index contributed by atoms with van der Waals surface area (Å²) in [7, 11) is 0. The van der Waals surface area contributed by atoms with E-state index in [4.69, 9.17) is 9.47 Å². The van der Waals surface area contributed by atoms with E-state index in [1.807, 2.05) is 6.07 Å². The summed E-state index contributed by atoms with van der Waals surface area (Å²) in [4.78, 5) is 35.3. The standard InChI is InChI=1S/C20H22N2O5/c1-13(27-20(25)14(2)26-18-7-5-4-6-8-18)19(24)22-17-11-9-16(10-12-17)21-15(3)23/h4-14H,1-3H3,(H,21,23)(H,22,24)/t13-,14-/m1/s1. The molecule has 7 heteroatoms. The number of carbonyl (C=O) groups excluding carboxylic acids is 3. The van der Waals surface area contributed by atoms with E-state index < -0.39 is 24.1 Å². The molecule has 0 aliphatic carbocycles. The van der Waals surface area contributed by atoms with Crippen LogP contribution in [0.25, 0.3) is 0 Å². The number of hydrogen-bond acceptors (Lipinski definition) is 5. The first kappa shape index (κ1) is 20.0. The van der Waals surface area contributed by atoms with Crippen LogP contribution in [0.3, 0.4) is 0 Å². The van der Waals surface area contributed by atoms with Gasteiger partial charge in [0.25, 0.3) is 5.91 Å². The fourth-order valence-electron chi connectivity index (χ4n) is 2.16. The summed E-state index contributed by atoms with van der Waals surface area (Å²) >= 11 is 0. The summed E-state index contributed by atoms with van der Waals surface area (Å²) in [5.74, 6) is -0.748. The van der Waals surface area contributed by atoms with Crippen LogP contribution in [-0.2, 0) is 19.1 Å². The Morgan fingerprint density at radius 3 is 1.93 bits per heavy atom. The number of rotatable bonds is 7. The number of para-hydroxylation sites is 1. The van der Waals surface area contributed by atoms with Gasteiger partial charge in [-0.15, -0.1) is 0 Å². The number of hydrogen-bond donors (Lipinski definition) is 2. The third-order valence-corrected chi connectivity index (χ3v) is 3.52. The van der Waals surface area contributed by atoms with Gasteiger partial charge in [-0.2, -0.15) is 0 Å². The first-order valence-corrected chi connectivity index (χ1v) is 8.46. The number of nitrogens with one attached hydrogen (secondary N) is 2. The van der Waals surface area contributed by atoms with E-state index in [2.05, 4.69) is 10.6 Å². The molecule has 7 nitrogen and oxygen atoms in total. The molecular weight excluding hydrogens is 348 g/mol. The monoisotopic (exact) mass is 370 g/mol. The van der Waals surface area contributed by atoms with Crippen molar-refractivity contribution in [1.82, 2.24) is 0 Å². The second-order valence-corrected chi connectivity index (χ2v) is 5.90. The number of ether oxygens (including phenoxy) is 2. The van der Waals surface area contributed by atoms with Crippen molar-refractivity contribution in [1.29, 1.82) is 0 Å². The van der Waals surface area contributed by atoms with Gasteiger partial charge in [0.15, 0.2) is 12.2 Å². The molecule has 0 bridgehead atoms. The van der Waals surface area contributed by atoms with E-state index in [9.17, 15) is 14.4 Å². The minimum atomic E-state index is -0.991. The van der Waals surface area contributed by atoms with E-state index in [1.54, 1.807) is 55.5 Å². The predicted molar refractivity (Wildman–Crippen MR) is 101 cm³/mol. The molecule has 0 aromatic heterocycles. The topological polar surface area (TPSA) is 93.7 Å². The summed E-state index contributed by atoms with van der Waals surface area (Å²) in [6, 6.07) is 15.5. The van der Waals surface area contributed by atoms with Crippen LogP contribution in [0.4, 0.5) is 11.4 Å². The number of anilines is 2. The van der Waals surface area contributed by atoms with Gasteiger partial charge in [0, 0.05) is 18.3 Å². The molecule has 27 heavy (non-hydrogen) atoms. The average molecular weight is 370 g/mol. The zero-order valence-electron chi connectivity index (χ0n) is 15.4. The summed E-state index contributed by atoms with van der Waals surface area (Å²) in [5.41, 5.74) is 1.14. The molecule has 0 unspecified atom stereocenters. The molecule has 0 saturated carbocycles. The number of amides is 2. The lowest BCUT2D eigenvalue weighted by atomic mass is 10.2. The highest BCUT2D eigenvalue weighted by Crippen LogP contribution is 2.15. The van der Waals surface area contributed by atoms with Crippen molar-refractivity contribution in [2.24, 2.45) is 0 Å². The Kier molecular flexibility index (Phi) is 6.93. The van der Waals surface area contributed by atoms with Crippen LogP contribution in [0.2, 0.25) is 0 Å². The van der Waals surface area contributed by atoms with Crippen molar-refractivity contribution < 1.29 is 23.9 Å². The minimum absolute atomic E-state index is 0.181. The average Bonchev–Trinajstić information content (AvgIpc) is 2.63. The second-order valence-electron chi connectivity index (χ2n) is 5.90. The fraction of sp³-hybridized carbons (Fsp3) is 0.250. The Morgan fingerprint density at radius 1 is 0.815 bits per heavy atom. The molecule has 0 aliphatic rings. The van der Waals surface area contributed by atoms with Crippen LogP contribution in [0.5, 0.6) is 5.75 Å². The zero-order chi connectivity index (χ0) is 19.8. The molecule has 0 saturated heterocycles. The summed E-state index contributed by atoms with van der Waals surface area (Å²) < 4.78 is 10.6. The van der Waals surface area contributed by atoms with Gasteiger partial charge in [-0.3, -0.25) is 9.59 Å². The Bertz CT molecular complexity index is 790. The Hall–Kier alpha value is -3.35. The Labute approximate surface area is 157 Å². The predicted octanol–water partition coefficient (Wildman–Crippen LogP) is 2.98. The molecule has 0 spiro atoms. The van der Waals surface area contributed by atoms with Crippen LogP contribution in [-0.4, -0.2) is 30.0 Å². The van der Waals surface area contributed by atoms with Crippen molar-refractivity contribution in [3.05, 3.63) is 54.6 Å². The maximum absolute atomic E-state index is 12.2. The summed E-state index contributed by atoms with van der Waals surface area (Å²) in [6.45, 7) is 4.45. The summed E-state index contributed by atoms with van der Waals surface area (Å²) in [6.07, 6.45) is -1.84. The molecule has 2 atom stereocenters. The van der Waals surface area contributed by atoms with Crippen molar-refractivity contribution in [2.75, 3.05) is 10.6 Å².